The first-order chi connectivity index (χ1) is 14.2. The number of para-hydroxylation sites is 2. The number of nitro benzene ring substituents is 1. The summed E-state index contributed by atoms with van der Waals surface area (Å²) in [5.74, 6) is 1.26. The van der Waals surface area contributed by atoms with E-state index in [1.807, 2.05) is 59.2 Å². The summed E-state index contributed by atoms with van der Waals surface area (Å²) in [6.45, 7) is 0. The molecule has 0 N–H and O–H groups in total. The number of nitrogens with zero attached hydrogens (tertiary/aromatic N) is 4. The number of nitro groups is 1. The molecule has 0 unspecified atom stereocenters. The van der Waals surface area contributed by atoms with Gasteiger partial charge in [0.2, 0.25) is 0 Å². The van der Waals surface area contributed by atoms with Crippen molar-refractivity contribution >= 4 is 17.4 Å². The fourth-order valence-electron chi connectivity index (χ4n) is 3.08. The van der Waals surface area contributed by atoms with Crippen LogP contribution in [0.4, 0.5) is 5.69 Å². The molecule has 0 amide bonds. The van der Waals surface area contributed by atoms with Crippen molar-refractivity contribution in [1.82, 2.24) is 14.8 Å². The number of aromatic nitrogens is 3. The number of thioether (sulfide) groups is 1. The van der Waals surface area contributed by atoms with Gasteiger partial charge in [-0.25, -0.2) is 0 Å². The Morgan fingerprint density at radius 3 is 2.24 bits per heavy atom. The van der Waals surface area contributed by atoms with Gasteiger partial charge in [-0.3, -0.25) is 14.7 Å². The molecule has 0 saturated heterocycles. The van der Waals surface area contributed by atoms with Gasteiger partial charge < -0.3 is 0 Å². The van der Waals surface area contributed by atoms with Crippen LogP contribution < -0.4 is 0 Å². The van der Waals surface area contributed by atoms with Crippen molar-refractivity contribution < 1.29 is 4.92 Å². The third-order valence-corrected chi connectivity index (χ3v) is 5.44. The molecule has 29 heavy (non-hydrogen) atoms. The minimum Gasteiger partial charge on any atom is -0.274 e. The standard InChI is InChI=1S/C22H18N4O2S/c27-26(28)20-14-8-7-11-18(20)16-29-22-24-23-21(15-17-9-3-1-4-10-17)25(22)19-12-5-2-6-13-19/h1-14H,15-16H2. The minimum atomic E-state index is -0.349. The van der Waals surface area contributed by atoms with E-state index in [-0.39, 0.29) is 10.6 Å². The molecular formula is C22H18N4O2S. The van der Waals surface area contributed by atoms with E-state index >= 15 is 0 Å². The predicted octanol–water partition coefficient (Wildman–Crippen LogP) is 5.06. The third-order valence-electron chi connectivity index (χ3n) is 4.46. The topological polar surface area (TPSA) is 73.8 Å². The fraction of sp³-hybridized carbons (Fsp3) is 0.0909. The van der Waals surface area contributed by atoms with Crippen LogP contribution in [0.2, 0.25) is 0 Å². The highest BCUT2D eigenvalue weighted by Crippen LogP contribution is 2.29. The van der Waals surface area contributed by atoms with E-state index < -0.39 is 0 Å². The van der Waals surface area contributed by atoms with Crippen LogP contribution in [0, 0.1) is 10.1 Å². The quantitative estimate of drug-likeness (QED) is 0.245. The zero-order valence-electron chi connectivity index (χ0n) is 15.5. The molecule has 1 aromatic heterocycles. The summed E-state index contributed by atoms with van der Waals surface area (Å²) in [7, 11) is 0. The molecule has 0 saturated carbocycles. The van der Waals surface area contributed by atoms with Gasteiger partial charge in [-0.1, -0.05) is 78.5 Å². The molecule has 3 aromatic carbocycles. The largest absolute Gasteiger partial charge is 0.274 e. The van der Waals surface area contributed by atoms with Crippen molar-refractivity contribution in [3.8, 4) is 5.69 Å². The molecule has 6 nitrogen and oxygen atoms in total. The van der Waals surface area contributed by atoms with Gasteiger partial charge in [-0.2, -0.15) is 0 Å². The maximum atomic E-state index is 11.3. The van der Waals surface area contributed by atoms with Gasteiger partial charge in [0.1, 0.15) is 5.82 Å². The maximum Gasteiger partial charge on any atom is 0.273 e. The summed E-state index contributed by atoms with van der Waals surface area (Å²) < 4.78 is 2.02. The molecule has 0 atom stereocenters. The molecule has 0 aliphatic heterocycles. The monoisotopic (exact) mass is 402 g/mol. The fourth-order valence-corrected chi connectivity index (χ4v) is 4.04. The second-order valence-corrected chi connectivity index (χ2v) is 7.35. The Labute approximate surface area is 172 Å². The van der Waals surface area contributed by atoms with Gasteiger partial charge in [0.05, 0.1) is 4.92 Å². The lowest BCUT2D eigenvalue weighted by molar-refractivity contribution is -0.385. The van der Waals surface area contributed by atoms with E-state index in [1.165, 1.54) is 17.8 Å². The number of hydrogen-bond acceptors (Lipinski definition) is 5. The highest BCUT2D eigenvalue weighted by Gasteiger charge is 2.18. The summed E-state index contributed by atoms with van der Waals surface area (Å²) in [4.78, 5) is 10.9. The molecule has 0 bridgehead atoms. The molecule has 7 heteroatoms. The van der Waals surface area contributed by atoms with E-state index in [9.17, 15) is 10.1 Å². The molecule has 1 heterocycles. The Kier molecular flexibility index (Phi) is 5.67. The lowest BCUT2D eigenvalue weighted by Gasteiger charge is -2.10. The summed E-state index contributed by atoms with van der Waals surface area (Å²) in [6.07, 6.45) is 0.648. The number of hydrogen-bond donors (Lipinski definition) is 0. The van der Waals surface area contributed by atoms with E-state index in [0.717, 1.165) is 17.1 Å². The average molecular weight is 402 g/mol. The molecule has 0 radical (unpaired) electrons. The lowest BCUT2D eigenvalue weighted by atomic mass is 10.1. The Hall–Kier alpha value is -3.45. The second-order valence-electron chi connectivity index (χ2n) is 6.41. The molecule has 0 fully saturated rings. The molecule has 0 spiro atoms. The zero-order valence-corrected chi connectivity index (χ0v) is 16.3. The molecule has 144 valence electrons. The first kappa shape index (κ1) is 18.9. The van der Waals surface area contributed by atoms with Crippen LogP contribution in [0.5, 0.6) is 0 Å². The average Bonchev–Trinajstić information content (AvgIpc) is 3.16. The van der Waals surface area contributed by atoms with Crippen molar-refractivity contribution in [3.63, 3.8) is 0 Å². The number of benzene rings is 3. The van der Waals surface area contributed by atoms with E-state index in [1.54, 1.807) is 12.1 Å². The first-order valence-corrected chi connectivity index (χ1v) is 10.1. The van der Waals surface area contributed by atoms with Gasteiger partial charge in [0, 0.05) is 29.5 Å². The van der Waals surface area contributed by atoms with Crippen molar-refractivity contribution in [2.75, 3.05) is 0 Å². The van der Waals surface area contributed by atoms with Gasteiger partial charge in [0.15, 0.2) is 5.16 Å². The third kappa shape index (κ3) is 4.35. The Bertz CT molecular complexity index is 1110. The molecule has 4 aromatic rings. The van der Waals surface area contributed by atoms with Gasteiger partial charge in [0.25, 0.3) is 5.69 Å². The summed E-state index contributed by atoms with van der Waals surface area (Å²) >= 11 is 1.44. The SMILES string of the molecule is O=[N+]([O-])c1ccccc1CSc1nnc(Cc2ccccc2)n1-c1ccccc1. The zero-order chi connectivity index (χ0) is 20.1. The first-order valence-electron chi connectivity index (χ1n) is 9.11. The van der Waals surface area contributed by atoms with E-state index in [0.29, 0.717) is 22.9 Å². The number of rotatable bonds is 7. The Morgan fingerprint density at radius 1 is 0.862 bits per heavy atom. The van der Waals surface area contributed by atoms with Gasteiger partial charge in [-0.05, 0) is 17.7 Å². The minimum absolute atomic E-state index is 0.121. The van der Waals surface area contributed by atoms with Crippen molar-refractivity contribution in [2.24, 2.45) is 0 Å². The maximum absolute atomic E-state index is 11.3. The molecule has 0 aliphatic carbocycles. The van der Waals surface area contributed by atoms with Crippen molar-refractivity contribution in [1.29, 1.82) is 0 Å². The summed E-state index contributed by atoms with van der Waals surface area (Å²) in [6, 6.07) is 26.8. The smallest absolute Gasteiger partial charge is 0.273 e. The van der Waals surface area contributed by atoms with Gasteiger partial charge in [-0.15, -0.1) is 10.2 Å². The highest BCUT2D eigenvalue weighted by atomic mass is 32.2. The van der Waals surface area contributed by atoms with Crippen LogP contribution in [0.15, 0.2) is 90.1 Å². The normalized spacial score (nSPS) is 10.8. The van der Waals surface area contributed by atoms with E-state index in [4.69, 9.17) is 0 Å². The van der Waals surface area contributed by atoms with Crippen LogP contribution in [0.3, 0.4) is 0 Å². The lowest BCUT2D eigenvalue weighted by Crippen LogP contribution is -2.04. The van der Waals surface area contributed by atoms with Crippen LogP contribution >= 0.6 is 11.8 Å². The Morgan fingerprint density at radius 2 is 1.52 bits per heavy atom. The Balaban J connectivity index is 1.66. The van der Waals surface area contributed by atoms with Crippen LogP contribution in [-0.2, 0) is 12.2 Å². The molecule has 0 aliphatic rings. The summed E-state index contributed by atoms with van der Waals surface area (Å²) in [5.41, 5.74) is 2.89. The molecule has 4 rings (SSSR count). The van der Waals surface area contributed by atoms with Crippen molar-refractivity contribution in [3.05, 3.63) is 112 Å². The summed E-state index contributed by atoms with van der Waals surface area (Å²) in [5, 5.41) is 20.8. The second kappa shape index (κ2) is 8.70. The highest BCUT2D eigenvalue weighted by molar-refractivity contribution is 7.98. The molecular weight excluding hydrogens is 384 g/mol. The van der Waals surface area contributed by atoms with Crippen molar-refractivity contribution in [2.45, 2.75) is 17.3 Å². The van der Waals surface area contributed by atoms with Crippen LogP contribution in [0.25, 0.3) is 5.69 Å². The van der Waals surface area contributed by atoms with E-state index in [2.05, 4.69) is 22.3 Å². The predicted molar refractivity (Wildman–Crippen MR) is 113 cm³/mol. The van der Waals surface area contributed by atoms with Gasteiger partial charge >= 0.3 is 0 Å². The van der Waals surface area contributed by atoms with Crippen LogP contribution in [0.1, 0.15) is 17.0 Å². The van der Waals surface area contributed by atoms with Crippen LogP contribution in [-0.4, -0.2) is 19.7 Å².